The van der Waals surface area contributed by atoms with Crippen LogP contribution >= 0.6 is 0 Å². The van der Waals surface area contributed by atoms with Gasteiger partial charge in [-0.3, -0.25) is 9.59 Å². The number of ketones is 1. The van der Waals surface area contributed by atoms with Crippen LogP contribution in [0.5, 0.6) is 5.75 Å². The molecule has 0 unspecified atom stereocenters. The molecule has 0 saturated carbocycles. The number of ether oxygens (including phenoxy) is 2. The number of alkyl halides is 2. The third-order valence-electron chi connectivity index (χ3n) is 6.81. The molecule has 3 amide bonds. The van der Waals surface area contributed by atoms with Crippen molar-refractivity contribution in [1.82, 2.24) is 20.5 Å². The lowest BCUT2D eigenvalue weighted by molar-refractivity contribution is -0.123. The van der Waals surface area contributed by atoms with E-state index in [0.29, 0.717) is 5.52 Å². The van der Waals surface area contributed by atoms with E-state index < -0.39 is 85.7 Å². The number of hydrogen-bond donors (Lipinski definition) is 2. The molecule has 250 valence electrons. The third-order valence-corrected chi connectivity index (χ3v) is 9.38. The lowest BCUT2D eigenvalue weighted by atomic mass is 10.1. The van der Waals surface area contributed by atoms with E-state index in [9.17, 15) is 40.0 Å². The summed E-state index contributed by atoms with van der Waals surface area (Å²) in [5.41, 5.74) is 0.479. The average Bonchev–Trinajstić information content (AvgIpc) is 3.43. The first-order chi connectivity index (χ1) is 21.7. The number of hydrogen-bond acceptors (Lipinski definition) is 11. The predicted molar refractivity (Wildman–Crippen MR) is 160 cm³/mol. The molecule has 2 N–H and O–H groups in total. The van der Waals surface area contributed by atoms with Gasteiger partial charge in [0.25, 0.3) is 5.89 Å². The van der Waals surface area contributed by atoms with Gasteiger partial charge in [0.1, 0.15) is 27.1 Å². The maximum atomic E-state index is 13.6. The number of urea groups is 1. The molecule has 0 aliphatic carbocycles. The molecule has 46 heavy (non-hydrogen) atoms. The van der Waals surface area contributed by atoms with Gasteiger partial charge in [0.15, 0.2) is 15.4 Å². The minimum atomic E-state index is -4.33. The van der Waals surface area contributed by atoms with Crippen molar-refractivity contribution in [3.63, 3.8) is 0 Å². The van der Waals surface area contributed by atoms with Crippen molar-refractivity contribution in [1.29, 1.82) is 0 Å². The van der Waals surface area contributed by atoms with Gasteiger partial charge in [-0.25, -0.2) is 26.6 Å². The van der Waals surface area contributed by atoms with Gasteiger partial charge >= 0.3 is 12.6 Å². The van der Waals surface area contributed by atoms with Crippen molar-refractivity contribution in [2.75, 3.05) is 44.1 Å². The molecule has 1 aliphatic heterocycles. The number of Topliss-reactive ketones (excluding diaryl/α,β-unsaturated/α-hetero) is 1. The molecule has 1 fully saturated rings. The highest BCUT2D eigenvalue weighted by atomic mass is 32.2. The highest BCUT2D eigenvalue weighted by molar-refractivity contribution is 7.90. The number of nitrogens with one attached hydrogen (secondary N) is 2. The Labute approximate surface area is 263 Å². The zero-order valence-corrected chi connectivity index (χ0v) is 26.2. The van der Waals surface area contributed by atoms with Crippen LogP contribution in [0.3, 0.4) is 0 Å². The van der Waals surface area contributed by atoms with Crippen molar-refractivity contribution in [2.45, 2.75) is 30.9 Å². The van der Waals surface area contributed by atoms with E-state index in [1.54, 1.807) is 24.3 Å². The second-order valence-corrected chi connectivity index (χ2v) is 14.8. The minimum absolute atomic E-state index is 0.112. The summed E-state index contributed by atoms with van der Waals surface area (Å²) in [5, 5.41) is 4.74. The molecule has 0 bridgehead atoms. The maximum Gasteiger partial charge on any atom is 0.387 e. The summed E-state index contributed by atoms with van der Waals surface area (Å²) in [5.74, 6) is -5.17. The molecule has 1 saturated heterocycles. The minimum Gasteiger partial charge on any atom is -0.435 e. The number of amides is 3. The van der Waals surface area contributed by atoms with E-state index in [-0.39, 0.29) is 43.2 Å². The Morgan fingerprint density at radius 3 is 2.33 bits per heavy atom. The van der Waals surface area contributed by atoms with E-state index in [1.807, 2.05) is 0 Å². The number of rotatable bonds is 14. The van der Waals surface area contributed by atoms with Gasteiger partial charge in [0.2, 0.25) is 11.7 Å². The highest BCUT2D eigenvalue weighted by Gasteiger charge is 2.34. The van der Waals surface area contributed by atoms with Gasteiger partial charge in [-0.05, 0) is 24.6 Å². The number of carbonyl (C=O) groups excluding carboxylic acids is 3. The number of aromatic nitrogens is 1. The van der Waals surface area contributed by atoms with Crippen molar-refractivity contribution >= 4 is 48.5 Å². The number of halogens is 2. The van der Waals surface area contributed by atoms with Crippen LogP contribution in [0, 0.1) is 0 Å². The topological polar surface area (TPSA) is 191 Å². The zero-order chi connectivity index (χ0) is 33.5. The van der Waals surface area contributed by atoms with Gasteiger partial charge in [0.05, 0.1) is 36.5 Å². The molecular weight excluding hydrogens is 654 g/mol. The normalized spacial score (nSPS) is 15.3. The summed E-state index contributed by atoms with van der Waals surface area (Å²) in [6, 6.07) is 7.51. The Kier molecular flexibility index (Phi) is 11.3. The first kappa shape index (κ1) is 34.7. The summed E-state index contributed by atoms with van der Waals surface area (Å²) < 4.78 is 91.5. The van der Waals surface area contributed by atoms with E-state index in [1.165, 1.54) is 23.1 Å². The fourth-order valence-electron chi connectivity index (χ4n) is 4.57. The number of oxazole rings is 1. The Hall–Kier alpha value is -4.16. The summed E-state index contributed by atoms with van der Waals surface area (Å²) in [4.78, 5) is 45.5. The Bertz CT molecular complexity index is 1740. The summed E-state index contributed by atoms with van der Waals surface area (Å²) in [6.07, 6.45) is 0.515. The molecule has 2 aromatic carbocycles. The van der Waals surface area contributed by atoms with Crippen molar-refractivity contribution in [3.8, 4) is 5.75 Å². The highest BCUT2D eigenvalue weighted by Crippen LogP contribution is 2.23. The molecular formula is C28H32F2N4O10S2. The fourth-order valence-corrected chi connectivity index (χ4v) is 6.81. The SMILES string of the molecule is CS(=O)(=O)CC[C@H](NC(=O)[C@H](CS(=O)(=O)Cc1ccccc1OC(F)F)NC(=O)N1CCOCC1)C(=O)c1nc2ccccc2o1. The second-order valence-electron chi connectivity index (χ2n) is 10.5. The Morgan fingerprint density at radius 1 is 0.978 bits per heavy atom. The first-order valence-electron chi connectivity index (χ1n) is 13.9. The van der Waals surface area contributed by atoms with Crippen molar-refractivity contribution < 1.29 is 53.9 Å². The molecule has 1 aliphatic rings. The van der Waals surface area contributed by atoms with Crippen molar-refractivity contribution in [2.24, 2.45) is 0 Å². The maximum absolute atomic E-state index is 13.6. The van der Waals surface area contributed by atoms with E-state index >= 15 is 0 Å². The molecule has 4 rings (SSSR count). The smallest absolute Gasteiger partial charge is 0.387 e. The zero-order valence-electron chi connectivity index (χ0n) is 24.6. The standard InChI is InChI=1S/C28H32F2N4O10S2/c1-45(38,39)15-10-20(24(35)26-32-19-7-3-5-9-23(19)43-26)31-25(36)21(33-28(37)34-11-13-42-14-12-34)17-46(40,41)16-18-6-2-4-8-22(18)44-27(29)30/h2-9,20-21,27H,10-17H2,1H3,(H,31,36)(H,33,37)/t20-,21-/m0/s1. The number of fused-ring (bicyclic) bond motifs is 1. The van der Waals surface area contributed by atoms with Crippen LogP contribution < -0.4 is 15.4 Å². The number of benzene rings is 2. The summed E-state index contributed by atoms with van der Waals surface area (Å²) >= 11 is 0. The lowest BCUT2D eigenvalue weighted by Gasteiger charge is -2.29. The van der Waals surface area contributed by atoms with Crippen LogP contribution in [0.25, 0.3) is 11.1 Å². The van der Waals surface area contributed by atoms with Gasteiger partial charge in [0, 0.05) is 24.9 Å². The van der Waals surface area contributed by atoms with Crippen LogP contribution in [0.2, 0.25) is 0 Å². The number of morpholine rings is 1. The number of nitrogens with zero attached hydrogens (tertiary/aromatic N) is 2. The summed E-state index contributed by atoms with van der Waals surface area (Å²) in [7, 11) is -7.96. The van der Waals surface area contributed by atoms with E-state index in [4.69, 9.17) is 9.15 Å². The van der Waals surface area contributed by atoms with Crippen LogP contribution in [-0.2, 0) is 35.0 Å². The third kappa shape index (κ3) is 9.92. The van der Waals surface area contributed by atoms with Crippen LogP contribution in [-0.4, -0.2) is 107 Å². The van der Waals surface area contributed by atoms with Crippen LogP contribution in [0.4, 0.5) is 13.6 Å². The first-order valence-corrected chi connectivity index (χ1v) is 17.8. The molecule has 0 radical (unpaired) electrons. The number of carbonyl (C=O) groups is 3. The molecule has 0 spiro atoms. The largest absolute Gasteiger partial charge is 0.435 e. The van der Waals surface area contributed by atoms with Gasteiger partial charge in [-0.2, -0.15) is 8.78 Å². The second kappa shape index (κ2) is 15.0. The van der Waals surface area contributed by atoms with E-state index in [0.717, 1.165) is 12.3 Å². The molecule has 1 aromatic heterocycles. The fraction of sp³-hybridized carbons (Fsp3) is 0.429. The van der Waals surface area contributed by atoms with Crippen molar-refractivity contribution in [3.05, 3.63) is 60.0 Å². The van der Waals surface area contributed by atoms with E-state index in [2.05, 4.69) is 20.4 Å². The van der Waals surface area contributed by atoms with Gasteiger partial charge < -0.3 is 29.4 Å². The molecule has 2 heterocycles. The Balaban J connectivity index is 1.60. The molecule has 14 nitrogen and oxygen atoms in total. The number of sulfone groups is 2. The Morgan fingerprint density at radius 2 is 1.65 bits per heavy atom. The monoisotopic (exact) mass is 686 g/mol. The molecule has 2 atom stereocenters. The van der Waals surface area contributed by atoms with Gasteiger partial charge in [-0.1, -0.05) is 30.3 Å². The lowest BCUT2D eigenvalue weighted by Crippen LogP contribution is -2.57. The average molecular weight is 687 g/mol. The molecule has 3 aromatic rings. The van der Waals surface area contributed by atoms with Crippen LogP contribution in [0.15, 0.2) is 52.9 Å². The van der Waals surface area contributed by atoms with Crippen LogP contribution in [0.1, 0.15) is 22.7 Å². The predicted octanol–water partition coefficient (Wildman–Crippen LogP) is 1.56. The number of para-hydroxylation sites is 3. The summed E-state index contributed by atoms with van der Waals surface area (Å²) in [6.45, 7) is -2.51. The quantitative estimate of drug-likeness (QED) is 0.234. The van der Waals surface area contributed by atoms with Gasteiger partial charge in [-0.15, -0.1) is 0 Å². The molecule has 18 heteroatoms.